The first-order chi connectivity index (χ1) is 12.6. The number of rotatable bonds is 8. The average Bonchev–Trinajstić information content (AvgIpc) is 2.97. The van der Waals surface area contributed by atoms with Gasteiger partial charge in [0.1, 0.15) is 0 Å². The van der Waals surface area contributed by atoms with Gasteiger partial charge in [-0.15, -0.1) is 0 Å². The molecule has 8 heteroatoms. The Kier molecular flexibility index (Phi) is 6.00. The highest BCUT2D eigenvalue weighted by Gasteiger charge is 2.07. The summed E-state index contributed by atoms with van der Waals surface area (Å²) in [5, 5.41) is 26.3. The van der Waals surface area contributed by atoms with Crippen molar-refractivity contribution in [3.8, 4) is 5.88 Å². The molecule has 2 aromatic heterocycles. The lowest BCUT2D eigenvalue weighted by atomic mass is 10.1. The zero-order valence-corrected chi connectivity index (χ0v) is 14.8. The fourth-order valence-electron chi connectivity index (χ4n) is 2.45. The molecule has 3 aromatic rings. The summed E-state index contributed by atoms with van der Waals surface area (Å²) < 4.78 is 0. The quantitative estimate of drug-likeness (QED) is 0.388. The fraction of sp³-hybridized carbons (Fsp3) is 0.222. The molecular weight excluding hydrogens is 352 g/mol. The van der Waals surface area contributed by atoms with E-state index in [9.17, 15) is 15.0 Å². The van der Waals surface area contributed by atoms with Crippen molar-refractivity contribution in [2.75, 3.05) is 18.4 Å². The van der Waals surface area contributed by atoms with E-state index < -0.39 is 6.10 Å². The number of aliphatic hydroxyl groups is 1. The molecule has 5 N–H and O–H groups in total. The molecule has 0 aliphatic rings. The van der Waals surface area contributed by atoms with Gasteiger partial charge in [-0.2, -0.15) is 0 Å². The number of thiazole rings is 1. The number of hydrogen-bond donors (Lipinski definition) is 5. The number of aliphatic hydroxyl groups excluding tert-OH is 1. The molecule has 0 saturated carbocycles. The second-order valence-corrected chi connectivity index (χ2v) is 6.75. The number of anilines is 2. The van der Waals surface area contributed by atoms with E-state index in [0.717, 1.165) is 41.1 Å². The summed E-state index contributed by atoms with van der Waals surface area (Å²) in [5.41, 5.74) is 2.73. The van der Waals surface area contributed by atoms with Gasteiger partial charge in [0, 0.05) is 30.2 Å². The van der Waals surface area contributed by atoms with Gasteiger partial charge in [0.05, 0.1) is 6.10 Å². The van der Waals surface area contributed by atoms with Crippen LogP contribution in [0.4, 0.5) is 10.7 Å². The summed E-state index contributed by atoms with van der Waals surface area (Å²) in [6, 6.07) is 11.4. The molecule has 0 bridgehead atoms. The second-order valence-electron chi connectivity index (χ2n) is 5.77. The van der Waals surface area contributed by atoms with Crippen LogP contribution in [0.5, 0.6) is 5.88 Å². The summed E-state index contributed by atoms with van der Waals surface area (Å²) in [6.07, 6.45) is 3.59. The molecule has 2 heterocycles. The third-order valence-corrected chi connectivity index (χ3v) is 4.63. The van der Waals surface area contributed by atoms with Crippen LogP contribution in [0.2, 0.25) is 0 Å². The van der Waals surface area contributed by atoms with Crippen molar-refractivity contribution >= 4 is 22.0 Å². The monoisotopic (exact) mass is 372 g/mol. The molecule has 0 aliphatic heterocycles. The van der Waals surface area contributed by atoms with Crippen LogP contribution in [0.3, 0.4) is 0 Å². The number of aromatic nitrogens is 2. The molecule has 3 rings (SSSR count). The summed E-state index contributed by atoms with van der Waals surface area (Å²) in [4.78, 5) is 17.2. The lowest BCUT2D eigenvalue weighted by molar-refractivity contribution is 0.174. The van der Waals surface area contributed by atoms with Crippen LogP contribution in [0.25, 0.3) is 0 Å². The molecule has 1 atom stereocenters. The first kappa shape index (κ1) is 18.1. The van der Waals surface area contributed by atoms with Crippen molar-refractivity contribution < 1.29 is 10.2 Å². The van der Waals surface area contributed by atoms with E-state index in [-0.39, 0.29) is 10.8 Å². The minimum Gasteiger partial charge on any atom is -0.492 e. The number of nitrogens with zero attached hydrogens (tertiary/aromatic N) is 1. The fourth-order valence-corrected chi connectivity index (χ4v) is 3.10. The van der Waals surface area contributed by atoms with Gasteiger partial charge in [0.25, 0.3) is 0 Å². The maximum absolute atomic E-state index is 11.2. The van der Waals surface area contributed by atoms with Crippen molar-refractivity contribution in [2.45, 2.75) is 12.5 Å². The molecular formula is C18H20N4O3S. The predicted octanol–water partition coefficient (Wildman–Crippen LogP) is 2.15. The van der Waals surface area contributed by atoms with Crippen LogP contribution in [0.15, 0.2) is 53.6 Å². The third kappa shape index (κ3) is 4.92. The highest BCUT2D eigenvalue weighted by Crippen LogP contribution is 2.27. The van der Waals surface area contributed by atoms with Crippen molar-refractivity contribution in [1.29, 1.82) is 0 Å². The van der Waals surface area contributed by atoms with Crippen LogP contribution >= 0.6 is 11.3 Å². The summed E-state index contributed by atoms with van der Waals surface area (Å²) in [6.45, 7) is 1.21. The molecule has 0 aliphatic carbocycles. The summed E-state index contributed by atoms with van der Waals surface area (Å²) in [5.74, 6) is -0.152. The van der Waals surface area contributed by atoms with Crippen molar-refractivity contribution in [1.82, 2.24) is 15.3 Å². The van der Waals surface area contributed by atoms with E-state index >= 15 is 0 Å². The first-order valence-electron chi connectivity index (χ1n) is 8.18. The van der Waals surface area contributed by atoms with E-state index in [4.69, 9.17) is 0 Å². The Hall–Kier alpha value is -2.68. The van der Waals surface area contributed by atoms with Crippen LogP contribution in [-0.4, -0.2) is 33.3 Å². The molecule has 7 nitrogen and oxygen atoms in total. The Morgan fingerprint density at radius 3 is 2.69 bits per heavy atom. The lowest BCUT2D eigenvalue weighted by Gasteiger charge is -2.12. The molecule has 1 aromatic carbocycles. The van der Waals surface area contributed by atoms with E-state index in [2.05, 4.69) is 20.6 Å². The highest BCUT2D eigenvalue weighted by atomic mass is 32.1. The number of H-pyrrole nitrogens is 1. The van der Waals surface area contributed by atoms with E-state index in [0.29, 0.717) is 11.5 Å². The van der Waals surface area contributed by atoms with Crippen molar-refractivity contribution in [3.05, 3.63) is 69.6 Å². The first-order valence-corrected chi connectivity index (χ1v) is 9.00. The van der Waals surface area contributed by atoms with E-state index in [1.807, 2.05) is 30.3 Å². The number of hydrogen-bond acceptors (Lipinski definition) is 7. The van der Waals surface area contributed by atoms with Crippen LogP contribution < -0.4 is 15.5 Å². The predicted molar refractivity (Wildman–Crippen MR) is 102 cm³/mol. The minimum absolute atomic E-state index is 0.152. The lowest BCUT2D eigenvalue weighted by Crippen LogP contribution is -2.23. The second kappa shape index (κ2) is 8.61. The maximum atomic E-state index is 11.2. The van der Waals surface area contributed by atoms with Gasteiger partial charge in [-0.05, 0) is 36.7 Å². The van der Waals surface area contributed by atoms with E-state index in [1.54, 1.807) is 18.5 Å². The highest BCUT2D eigenvalue weighted by molar-refractivity contribution is 7.13. The number of aromatic amines is 1. The topological polar surface area (TPSA) is 110 Å². The van der Waals surface area contributed by atoms with Crippen molar-refractivity contribution in [3.63, 3.8) is 0 Å². The Balaban J connectivity index is 1.44. The molecule has 0 fully saturated rings. The van der Waals surface area contributed by atoms with Crippen LogP contribution in [0.1, 0.15) is 17.2 Å². The molecule has 0 radical (unpaired) electrons. The molecule has 0 amide bonds. The van der Waals surface area contributed by atoms with Gasteiger partial charge < -0.3 is 20.8 Å². The zero-order chi connectivity index (χ0) is 18.4. The van der Waals surface area contributed by atoms with E-state index in [1.165, 1.54) is 0 Å². The molecule has 0 unspecified atom stereocenters. The minimum atomic E-state index is -0.573. The molecule has 26 heavy (non-hydrogen) atoms. The number of benzene rings is 1. The zero-order valence-electron chi connectivity index (χ0n) is 14.0. The van der Waals surface area contributed by atoms with Crippen LogP contribution in [0, 0.1) is 0 Å². The van der Waals surface area contributed by atoms with Gasteiger partial charge in [-0.3, -0.25) is 14.8 Å². The normalized spacial score (nSPS) is 12.0. The van der Waals surface area contributed by atoms with Crippen molar-refractivity contribution in [2.24, 2.45) is 0 Å². The SMILES string of the molecule is O=c1[nH]c(O)c(Nc2ccc(CCNC[C@H](O)c3cccnc3)cc2)s1. The van der Waals surface area contributed by atoms with Gasteiger partial charge in [0.2, 0.25) is 5.88 Å². The van der Waals surface area contributed by atoms with Gasteiger partial charge in [-0.25, -0.2) is 0 Å². The van der Waals surface area contributed by atoms with Gasteiger partial charge >= 0.3 is 4.87 Å². The number of nitrogens with one attached hydrogen (secondary N) is 3. The maximum Gasteiger partial charge on any atom is 0.309 e. The largest absolute Gasteiger partial charge is 0.492 e. The Morgan fingerprint density at radius 2 is 2.04 bits per heavy atom. The average molecular weight is 372 g/mol. The summed E-state index contributed by atoms with van der Waals surface area (Å²) >= 11 is 0.921. The Morgan fingerprint density at radius 1 is 1.23 bits per heavy atom. The Labute approximate surface area is 154 Å². The Bertz CT molecular complexity index is 877. The molecule has 0 spiro atoms. The molecule has 136 valence electrons. The third-order valence-electron chi connectivity index (χ3n) is 3.84. The molecule has 0 saturated heterocycles. The number of aromatic hydroxyl groups is 1. The smallest absolute Gasteiger partial charge is 0.309 e. The summed E-state index contributed by atoms with van der Waals surface area (Å²) in [7, 11) is 0. The standard InChI is InChI=1S/C18H20N4O3S/c23-15(13-2-1-8-19-10-13)11-20-9-7-12-3-5-14(6-4-12)21-17-16(24)22-18(25)26-17/h1-6,8,10,15,20-21,23-24H,7,9,11H2,(H,22,25)/t15-/m0/s1. The number of pyridine rings is 1. The van der Waals surface area contributed by atoms with Gasteiger partial charge in [-0.1, -0.05) is 29.5 Å². The van der Waals surface area contributed by atoms with Crippen LogP contribution in [-0.2, 0) is 6.42 Å². The van der Waals surface area contributed by atoms with Gasteiger partial charge in [0.15, 0.2) is 5.00 Å².